The molecule has 108 valence electrons. The van der Waals surface area contributed by atoms with Crippen LogP contribution >= 0.6 is 11.3 Å². The van der Waals surface area contributed by atoms with E-state index in [0.717, 1.165) is 4.88 Å². The molecule has 1 rings (SSSR count). The molecule has 0 spiro atoms. The van der Waals surface area contributed by atoms with Gasteiger partial charge in [0, 0.05) is 11.5 Å². The van der Waals surface area contributed by atoms with Gasteiger partial charge in [0.15, 0.2) is 0 Å². The third-order valence-electron chi connectivity index (χ3n) is 2.53. The van der Waals surface area contributed by atoms with Crippen LogP contribution < -0.4 is 5.32 Å². The number of rotatable bonds is 5. The number of thiophene rings is 1. The molecule has 0 aliphatic rings. The van der Waals surface area contributed by atoms with Crippen LogP contribution in [-0.4, -0.2) is 23.4 Å². The molecule has 0 saturated heterocycles. The fourth-order valence-electron chi connectivity index (χ4n) is 1.66. The molecule has 4 nitrogen and oxygen atoms in total. The second kappa shape index (κ2) is 6.91. The van der Waals surface area contributed by atoms with Gasteiger partial charge in [-0.2, -0.15) is 0 Å². The molecule has 0 bridgehead atoms. The molecule has 1 aromatic rings. The molecule has 0 radical (unpaired) electrons. The average molecular weight is 285 g/mol. The van der Waals surface area contributed by atoms with Crippen molar-refractivity contribution >= 4 is 17.4 Å². The number of aliphatic hydroxyl groups is 1. The summed E-state index contributed by atoms with van der Waals surface area (Å²) in [5, 5.41) is 14.0. The number of amides is 1. The summed E-state index contributed by atoms with van der Waals surface area (Å²) in [6.45, 7) is 7.57. The molecule has 2 atom stereocenters. The van der Waals surface area contributed by atoms with Gasteiger partial charge < -0.3 is 15.2 Å². The number of carbonyl (C=O) groups excluding carboxylic acids is 1. The largest absolute Gasteiger partial charge is 0.444 e. The maximum Gasteiger partial charge on any atom is 0.408 e. The Kier molecular flexibility index (Phi) is 5.82. The van der Waals surface area contributed by atoms with Gasteiger partial charge in [-0.1, -0.05) is 13.0 Å². The lowest BCUT2D eigenvalue weighted by Gasteiger charge is -2.24. The highest BCUT2D eigenvalue weighted by atomic mass is 32.1. The van der Waals surface area contributed by atoms with E-state index >= 15 is 0 Å². The molecule has 1 aromatic heterocycles. The van der Waals surface area contributed by atoms with Crippen LogP contribution in [0.1, 0.15) is 45.0 Å². The Hall–Kier alpha value is -1.07. The number of hydrogen-bond acceptors (Lipinski definition) is 4. The van der Waals surface area contributed by atoms with Crippen molar-refractivity contribution in [2.24, 2.45) is 5.92 Å². The molecular weight excluding hydrogens is 262 g/mol. The Morgan fingerprint density at radius 1 is 1.53 bits per heavy atom. The maximum absolute atomic E-state index is 11.8. The van der Waals surface area contributed by atoms with Gasteiger partial charge in [0.1, 0.15) is 5.60 Å². The Labute approximate surface area is 118 Å². The van der Waals surface area contributed by atoms with Crippen LogP contribution in [0.15, 0.2) is 17.5 Å². The lowest BCUT2D eigenvalue weighted by Crippen LogP contribution is -2.35. The summed E-state index contributed by atoms with van der Waals surface area (Å²) in [6.07, 6.45) is 0.270. The predicted molar refractivity (Wildman–Crippen MR) is 77.3 cm³/mol. The molecule has 0 fully saturated rings. The first-order chi connectivity index (χ1) is 8.81. The second-order valence-electron chi connectivity index (χ2n) is 5.74. The second-order valence-corrected chi connectivity index (χ2v) is 6.72. The van der Waals surface area contributed by atoms with Gasteiger partial charge >= 0.3 is 6.09 Å². The first kappa shape index (κ1) is 16.0. The summed E-state index contributed by atoms with van der Waals surface area (Å²) >= 11 is 1.59. The van der Waals surface area contributed by atoms with Crippen molar-refractivity contribution in [1.29, 1.82) is 0 Å². The van der Waals surface area contributed by atoms with Crippen LogP contribution in [0.3, 0.4) is 0 Å². The van der Waals surface area contributed by atoms with Crippen LogP contribution in [-0.2, 0) is 4.74 Å². The van der Waals surface area contributed by atoms with E-state index in [0.29, 0.717) is 6.42 Å². The minimum absolute atomic E-state index is 0.109. The molecule has 0 aromatic carbocycles. The van der Waals surface area contributed by atoms with Crippen molar-refractivity contribution < 1.29 is 14.6 Å². The van der Waals surface area contributed by atoms with E-state index in [4.69, 9.17) is 9.84 Å². The molecule has 19 heavy (non-hydrogen) atoms. The van der Waals surface area contributed by atoms with Crippen molar-refractivity contribution in [3.8, 4) is 0 Å². The molecule has 0 saturated carbocycles. The van der Waals surface area contributed by atoms with Crippen molar-refractivity contribution in [1.82, 2.24) is 5.32 Å². The Morgan fingerprint density at radius 3 is 2.68 bits per heavy atom. The number of nitrogens with one attached hydrogen (secondary N) is 1. The smallest absolute Gasteiger partial charge is 0.408 e. The van der Waals surface area contributed by atoms with E-state index in [1.165, 1.54) is 0 Å². The summed E-state index contributed by atoms with van der Waals surface area (Å²) in [4.78, 5) is 12.9. The van der Waals surface area contributed by atoms with Crippen molar-refractivity contribution in [2.75, 3.05) is 6.61 Å². The fourth-order valence-corrected chi connectivity index (χ4v) is 2.45. The van der Waals surface area contributed by atoms with E-state index in [1.54, 1.807) is 11.3 Å². The van der Waals surface area contributed by atoms with Gasteiger partial charge in [-0.15, -0.1) is 11.3 Å². The first-order valence-corrected chi connectivity index (χ1v) is 7.33. The first-order valence-electron chi connectivity index (χ1n) is 6.45. The van der Waals surface area contributed by atoms with Gasteiger partial charge in [-0.05, 0) is 44.6 Å². The van der Waals surface area contributed by atoms with Gasteiger partial charge in [0.2, 0.25) is 0 Å². The van der Waals surface area contributed by atoms with Crippen LogP contribution in [0.4, 0.5) is 4.79 Å². The van der Waals surface area contributed by atoms with Crippen molar-refractivity contribution in [3.63, 3.8) is 0 Å². The fraction of sp³-hybridized carbons (Fsp3) is 0.643. The molecule has 0 aliphatic heterocycles. The normalized spacial score (nSPS) is 14.8. The van der Waals surface area contributed by atoms with Gasteiger partial charge in [0.05, 0.1) is 6.04 Å². The van der Waals surface area contributed by atoms with Crippen LogP contribution in [0.2, 0.25) is 0 Å². The zero-order chi connectivity index (χ0) is 14.5. The van der Waals surface area contributed by atoms with E-state index < -0.39 is 11.7 Å². The van der Waals surface area contributed by atoms with Gasteiger partial charge in [-0.25, -0.2) is 4.79 Å². The lowest BCUT2D eigenvalue weighted by molar-refractivity contribution is 0.0494. The maximum atomic E-state index is 11.8. The number of carbonyl (C=O) groups is 1. The number of ether oxygens (including phenoxy) is 1. The van der Waals surface area contributed by atoms with Gasteiger partial charge in [-0.3, -0.25) is 0 Å². The highest BCUT2D eigenvalue weighted by molar-refractivity contribution is 7.10. The Bertz CT molecular complexity index is 384. The summed E-state index contributed by atoms with van der Waals surface area (Å²) in [5.74, 6) is 0.127. The van der Waals surface area contributed by atoms with Crippen molar-refractivity contribution in [3.05, 3.63) is 22.4 Å². The van der Waals surface area contributed by atoms with Crippen LogP contribution in [0.25, 0.3) is 0 Å². The standard InChI is InChI=1S/C14H23NO3S/c1-10(9-16)8-11(12-6-5-7-19-12)15-13(17)18-14(2,3)4/h5-7,10-11,16H,8-9H2,1-4H3,(H,15,17). The summed E-state index contributed by atoms with van der Waals surface area (Å²) in [7, 11) is 0. The Morgan fingerprint density at radius 2 is 2.21 bits per heavy atom. The zero-order valence-corrected chi connectivity index (χ0v) is 12.8. The molecule has 2 N–H and O–H groups in total. The van der Waals surface area contributed by atoms with E-state index in [1.807, 2.05) is 45.2 Å². The molecule has 5 heteroatoms. The monoisotopic (exact) mass is 285 g/mol. The molecule has 1 amide bonds. The van der Waals surface area contributed by atoms with Crippen LogP contribution in [0, 0.1) is 5.92 Å². The third kappa shape index (κ3) is 6.07. The average Bonchev–Trinajstić information content (AvgIpc) is 2.78. The summed E-state index contributed by atoms with van der Waals surface area (Å²) in [6, 6.07) is 3.82. The van der Waals surface area contributed by atoms with E-state index in [-0.39, 0.29) is 18.6 Å². The molecule has 1 heterocycles. The number of alkyl carbamates (subject to hydrolysis) is 1. The Balaban J connectivity index is 2.67. The van der Waals surface area contributed by atoms with E-state index in [9.17, 15) is 4.79 Å². The minimum atomic E-state index is -0.507. The number of hydrogen-bond donors (Lipinski definition) is 2. The topological polar surface area (TPSA) is 58.6 Å². The van der Waals surface area contributed by atoms with E-state index in [2.05, 4.69) is 5.32 Å². The molecular formula is C14H23NO3S. The quantitative estimate of drug-likeness (QED) is 0.872. The van der Waals surface area contributed by atoms with Gasteiger partial charge in [0.25, 0.3) is 0 Å². The minimum Gasteiger partial charge on any atom is -0.444 e. The summed E-state index contributed by atoms with van der Waals surface area (Å²) < 4.78 is 5.27. The van der Waals surface area contributed by atoms with Crippen LogP contribution in [0.5, 0.6) is 0 Å². The summed E-state index contributed by atoms with van der Waals surface area (Å²) in [5.41, 5.74) is -0.507. The third-order valence-corrected chi connectivity index (χ3v) is 3.51. The molecule has 2 unspecified atom stereocenters. The highest BCUT2D eigenvalue weighted by Crippen LogP contribution is 2.25. The SMILES string of the molecule is CC(CO)CC(NC(=O)OC(C)(C)C)c1cccs1. The lowest BCUT2D eigenvalue weighted by atomic mass is 10.0. The number of aliphatic hydroxyl groups excluding tert-OH is 1. The highest BCUT2D eigenvalue weighted by Gasteiger charge is 2.22. The zero-order valence-electron chi connectivity index (χ0n) is 12.0. The van der Waals surface area contributed by atoms with Crippen molar-refractivity contribution in [2.45, 2.75) is 45.8 Å². The molecule has 0 aliphatic carbocycles. The predicted octanol–water partition coefficient (Wildman–Crippen LogP) is 3.33.